The van der Waals surface area contributed by atoms with E-state index in [-0.39, 0.29) is 23.8 Å². The van der Waals surface area contributed by atoms with E-state index in [1.807, 2.05) is 6.07 Å². The zero-order chi connectivity index (χ0) is 17.5. The number of ether oxygens (including phenoxy) is 2. The molecule has 0 aliphatic heterocycles. The van der Waals surface area contributed by atoms with Crippen molar-refractivity contribution in [1.82, 2.24) is 0 Å². The van der Waals surface area contributed by atoms with Gasteiger partial charge in [0, 0.05) is 12.5 Å². The van der Waals surface area contributed by atoms with Crippen LogP contribution in [0.5, 0.6) is 5.75 Å². The molecule has 0 fully saturated rings. The molecular formula is C18H26N2O3. The summed E-state index contributed by atoms with van der Waals surface area (Å²) in [6.45, 7) is 8.87. The van der Waals surface area contributed by atoms with Crippen LogP contribution >= 0.6 is 0 Å². The second kappa shape index (κ2) is 8.54. The standard InChI is InChI=1S/C18H26N2O3/c1-5-22-17(21)9-7-15(20)13-6-8-16(14(10-13)11-19)23-12-18(2,3)4/h6,8,10,15H,5,7,9,12,20H2,1-4H3. The summed E-state index contributed by atoms with van der Waals surface area (Å²) in [6.07, 6.45) is 0.741. The topological polar surface area (TPSA) is 85.3 Å². The Morgan fingerprint density at radius 3 is 2.65 bits per heavy atom. The molecule has 23 heavy (non-hydrogen) atoms. The summed E-state index contributed by atoms with van der Waals surface area (Å²) < 4.78 is 10.6. The number of nitriles is 1. The number of nitrogens with two attached hydrogens (primary N) is 1. The molecule has 0 aliphatic carbocycles. The van der Waals surface area contributed by atoms with E-state index in [9.17, 15) is 10.1 Å². The third kappa shape index (κ3) is 6.70. The van der Waals surface area contributed by atoms with Crippen molar-refractivity contribution in [2.75, 3.05) is 13.2 Å². The molecule has 0 heterocycles. The third-order valence-electron chi connectivity index (χ3n) is 3.18. The number of esters is 1. The Morgan fingerprint density at radius 2 is 2.09 bits per heavy atom. The zero-order valence-electron chi connectivity index (χ0n) is 14.4. The Balaban J connectivity index is 2.74. The van der Waals surface area contributed by atoms with Gasteiger partial charge in [0.2, 0.25) is 0 Å². The van der Waals surface area contributed by atoms with E-state index in [0.29, 0.717) is 30.9 Å². The fraction of sp³-hybridized carbons (Fsp3) is 0.556. The van der Waals surface area contributed by atoms with Gasteiger partial charge in [-0.25, -0.2) is 0 Å². The lowest BCUT2D eigenvalue weighted by atomic mass is 9.98. The second-order valence-electron chi connectivity index (χ2n) is 6.67. The van der Waals surface area contributed by atoms with E-state index in [1.165, 1.54) is 0 Å². The van der Waals surface area contributed by atoms with Crippen molar-refractivity contribution in [2.24, 2.45) is 11.1 Å². The number of rotatable bonds is 7. The molecule has 5 nitrogen and oxygen atoms in total. The van der Waals surface area contributed by atoms with Crippen molar-refractivity contribution < 1.29 is 14.3 Å². The van der Waals surface area contributed by atoms with Gasteiger partial charge in [0.25, 0.3) is 0 Å². The Kier molecular flexibility index (Phi) is 7.05. The quantitative estimate of drug-likeness (QED) is 0.779. The van der Waals surface area contributed by atoms with Gasteiger partial charge in [-0.2, -0.15) is 5.26 Å². The van der Waals surface area contributed by atoms with Crippen molar-refractivity contribution in [3.63, 3.8) is 0 Å². The van der Waals surface area contributed by atoms with Crippen molar-refractivity contribution in [3.05, 3.63) is 29.3 Å². The van der Waals surface area contributed by atoms with Crippen molar-refractivity contribution in [2.45, 2.75) is 46.6 Å². The minimum Gasteiger partial charge on any atom is -0.492 e. The minimum absolute atomic E-state index is 0.0153. The summed E-state index contributed by atoms with van der Waals surface area (Å²) in [4.78, 5) is 11.4. The Hall–Kier alpha value is -2.06. The van der Waals surface area contributed by atoms with Crippen molar-refractivity contribution in [3.8, 4) is 11.8 Å². The first-order valence-electron chi connectivity index (χ1n) is 7.85. The van der Waals surface area contributed by atoms with Crippen LogP contribution in [0.2, 0.25) is 0 Å². The summed E-state index contributed by atoms with van der Waals surface area (Å²) in [5, 5.41) is 9.30. The van der Waals surface area contributed by atoms with Crippen LogP contribution in [0.25, 0.3) is 0 Å². The highest BCUT2D eigenvalue weighted by Crippen LogP contribution is 2.26. The van der Waals surface area contributed by atoms with Gasteiger partial charge in [0.05, 0.1) is 18.8 Å². The molecule has 5 heteroatoms. The monoisotopic (exact) mass is 318 g/mol. The highest BCUT2D eigenvalue weighted by Gasteiger charge is 2.15. The van der Waals surface area contributed by atoms with Gasteiger partial charge in [-0.05, 0) is 36.5 Å². The summed E-state index contributed by atoms with van der Waals surface area (Å²) in [5.74, 6) is 0.303. The molecule has 0 aliphatic rings. The highest BCUT2D eigenvalue weighted by molar-refractivity contribution is 5.69. The maximum atomic E-state index is 11.4. The molecule has 1 atom stereocenters. The van der Waals surface area contributed by atoms with E-state index in [2.05, 4.69) is 26.8 Å². The highest BCUT2D eigenvalue weighted by atomic mass is 16.5. The Morgan fingerprint density at radius 1 is 1.39 bits per heavy atom. The Bertz CT molecular complexity index is 571. The SMILES string of the molecule is CCOC(=O)CCC(N)c1ccc(OCC(C)(C)C)c(C#N)c1. The number of hydrogen-bond donors (Lipinski definition) is 1. The molecule has 0 spiro atoms. The molecule has 1 aromatic rings. The van der Waals surface area contributed by atoms with Crippen LogP contribution in [0.1, 0.15) is 57.7 Å². The van der Waals surface area contributed by atoms with Gasteiger partial charge in [-0.3, -0.25) is 4.79 Å². The summed E-state index contributed by atoms with van der Waals surface area (Å²) in [5.41, 5.74) is 7.38. The predicted molar refractivity (Wildman–Crippen MR) is 88.9 cm³/mol. The van der Waals surface area contributed by atoms with Crippen LogP contribution in [-0.4, -0.2) is 19.2 Å². The lowest BCUT2D eigenvalue weighted by molar-refractivity contribution is -0.143. The molecular weight excluding hydrogens is 292 g/mol. The fourth-order valence-corrected chi connectivity index (χ4v) is 1.96. The van der Waals surface area contributed by atoms with Gasteiger partial charge in [-0.1, -0.05) is 26.8 Å². The normalized spacial score (nSPS) is 12.3. The first-order chi connectivity index (χ1) is 10.8. The minimum atomic E-state index is -0.317. The van der Waals surface area contributed by atoms with E-state index in [1.54, 1.807) is 19.1 Å². The van der Waals surface area contributed by atoms with Gasteiger partial charge in [-0.15, -0.1) is 0 Å². The number of hydrogen-bond acceptors (Lipinski definition) is 5. The van der Waals surface area contributed by atoms with Crippen LogP contribution in [-0.2, 0) is 9.53 Å². The molecule has 0 bridgehead atoms. The molecule has 0 radical (unpaired) electrons. The van der Waals surface area contributed by atoms with Gasteiger partial charge >= 0.3 is 5.97 Å². The number of carbonyl (C=O) groups excluding carboxylic acids is 1. The maximum absolute atomic E-state index is 11.4. The molecule has 1 rings (SSSR count). The average Bonchev–Trinajstić information content (AvgIpc) is 2.50. The Labute approximate surface area is 138 Å². The van der Waals surface area contributed by atoms with Crippen LogP contribution in [0.15, 0.2) is 18.2 Å². The third-order valence-corrected chi connectivity index (χ3v) is 3.18. The number of nitrogens with zero attached hydrogens (tertiary/aromatic N) is 1. The van der Waals surface area contributed by atoms with E-state index in [0.717, 1.165) is 5.56 Å². The zero-order valence-corrected chi connectivity index (χ0v) is 14.4. The molecule has 1 unspecified atom stereocenters. The molecule has 0 saturated heterocycles. The van der Waals surface area contributed by atoms with Crippen LogP contribution < -0.4 is 10.5 Å². The molecule has 0 aromatic heterocycles. The van der Waals surface area contributed by atoms with Gasteiger partial charge < -0.3 is 15.2 Å². The fourth-order valence-electron chi connectivity index (χ4n) is 1.96. The van der Waals surface area contributed by atoms with E-state index >= 15 is 0 Å². The van der Waals surface area contributed by atoms with Crippen molar-refractivity contribution >= 4 is 5.97 Å². The lowest BCUT2D eigenvalue weighted by Gasteiger charge is -2.20. The molecule has 126 valence electrons. The molecule has 2 N–H and O–H groups in total. The molecule has 1 aromatic carbocycles. The van der Waals surface area contributed by atoms with Crippen molar-refractivity contribution in [1.29, 1.82) is 5.26 Å². The molecule has 0 saturated carbocycles. The summed E-state index contributed by atoms with van der Waals surface area (Å²) in [7, 11) is 0. The number of carbonyl (C=O) groups is 1. The van der Waals surface area contributed by atoms with E-state index < -0.39 is 0 Å². The van der Waals surface area contributed by atoms with Gasteiger partial charge in [0.15, 0.2) is 0 Å². The predicted octanol–water partition coefficient (Wildman–Crippen LogP) is 3.33. The maximum Gasteiger partial charge on any atom is 0.305 e. The second-order valence-corrected chi connectivity index (χ2v) is 6.67. The van der Waals surface area contributed by atoms with Crippen LogP contribution in [0.4, 0.5) is 0 Å². The van der Waals surface area contributed by atoms with E-state index in [4.69, 9.17) is 15.2 Å². The average molecular weight is 318 g/mol. The lowest BCUT2D eigenvalue weighted by Crippen LogP contribution is -2.17. The summed E-state index contributed by atoms with van der Waals surface area (Å²) >= 11 is 0. The van der Waals surface area contributed by atoms with Gasteiger partial charge in [0.1, 0.15) is 11.8 Å². The van der Waals surface area contributed by atoms with Crippen LogP contribution in [0.3, 0.4) is 0 Å². The first-order valence-corrected chi connectivity index (χ1v) is 7.85. The first kappa shape index (κ1) is 19.0. The molecule has 0 amide bonds. The number of benzene rings is 1. The largest absolute Gasteiger partial charge is 0.492 e. The van der Waals surface area contributed by atoms with Crippen LogP contribution in [0, 0.1) is 16.7 Å². The summed E-state index contributed by atoms with van der Waals surface area (Å²) in [6, 6.07) is 7.16. The smallest absolute Gasteiger partial charge is 0.305 e.